The van der Waals surface area contributed by atoms with Crippen LogP contribution in [0.4, 0.5) is 0 Å². The SMILES string of the molecule is CC(NCCC(C)(C)C)c1cc(C(N)=O)no1. The molecule has 0 aliphatic rings. The lowest BCUT2D eigenvalue weighted by Crippen LogP contribution is -2.23. The summed E-state index contributed by atoms with van der Waals surface area (Å²) in [5.41, 5.74) is 5.57. The van der Waals surface area contributed by atoms with E-state index in [1.807, 2.05) is 6.92 Å². The summed E-state index contributed by atoms with van der Waals surface area (Å²) in [6.07, 6.45) is 1.06. The van der Waals surface area contributed by atoms with Gasteiger partial charge >= 0.3 is 0 Å². The van der Waals surface area contributed by atoms with Gasteiger partial charge in [0.05, 0.1) is 6.04 Å². The highest BCUT2D eigenvalue weighted by atomic mass is 16.5. The second kappa shape index (κ2) is 5.31. The molecule has 96 valence electrons. The van der Waals surface area contributed by atoms with Crippen molar-refractivity contribution in [3.63, 3.8) is 0 Å². The van der Waals surface area contributed by atoms with Gasteiger partial charge in [-0.2, -0.15) is 0 Å². The molecule has 1 heterocycles. The van der Waals surface area contributed by atoms with Gasteiger partial charge in [-0.1, -0.05) is 25.9 Å². The zero-order chi connectivity index (χ0) is 13.1. The van der Waals surface area contributed by atoms with Gasteiger partial charge in [-0.05, 0) is 25.3 Å². The Morgan fingerprint density at radius 2 is 2.24 bits per heavy atom. The fraction of sp³-hybridized carbons (Fsp3) is 0.667. The first kappa shape index (κ1) is 13.7. The Labute approximate surface area is 102 Å². The molecule has 1 unspecified atom stereocenters. The summed E-state index contributed by atoms with van der Waals surface area (Å²) < 4.78 is 5.06. The van der Waals surface area contributed by atoms with Crippen LogP contribution in [0.1, 0.15) is 56.4 Å². The van der Waals surface area contributed by atoms with Gasteiger partial charge in [-0.15, -0.1) is 0 Å². The van der Waals surface area contributed by atoms with Gasteiger partial charge in [0.15, 0.2) is 11.5 Å². The molecule has 1 atom stereocenters. The Kier molecular flexibility index (Phi) is 4.28. The smallest absolute Gasteiger partial charge is 0.270 e. The molecule has 0 spiro atoms. The third-order valence-corrected chi connectivity index (χ3v) is 2.53. The van der Waals surface area contributed by atoms with E-state index in [2.05, 4.69) is 31.2 Å². The average molecular weight is 239 g/mol. The van der Waals surface area contributed by atoms with Crippen LogP contribution in [0.25, 0.3) is 0 Å². The molecule has 0 aliphatic carbocycles. The number of primary amides is 1. The Morgan fingerprint density at radius 1 is 1.59 bits per heavy atom. The first-order chi connectivity index (χ1) is 7.79. The highest BCUT2D eigenvalue weighted by Crippen LogP contribution is 2.19. The number of nitrogens with two attached hydrogens (primary N) is 1. The van der Waals surface area contributed by atoms with E-state index >= 15 is 0 Å². The van der Waals surface area contributed by atoms with E-state index in [9.17, 15) is 4.79 Å². The molecule has 0 saturated carbocycles. The molecule has 5 heteroatoms. The molecule has 0 aromatic carbocycles. The first-order valence-electron chi connectivity index (χ1n) is 5.79. The van der Waals surface area contributed by atoms with Crippen LogP contribution < -0.4 is 11.1 Å². The zero-order valence-corrected chi connectivity index (χ0v) is 10.9. The predicted octanol–water partition coefficient (Wildman–Crippen LogP) is 1.86. The second-order valence-corrected chi connectivity index (χ2v) is 5.47. The van der Waals surface area contributed by atoms with E-state index in [1.165, 1.54) is 0 Å². The number of aromatic nitrogens is 1. The highest BCUT2D eigenvalue weighted by Gasteiger charge is 2.15. The molecule has 0 aliphatic heterocycles. The maximum atomic E-state index is 10.9. The van der Waals surface area contributed by atoms with Crippen LogP contribution in [0.3, 0.4) is 0 Å². The van der Waals surface area contributed by atoms with Gasteiger partial charge in [-0.25, -0.2) is 0 Å². The van der Waals surface area contributed by atoms with Gasteiger partial charge in [-0.3, -0.25) is 4.79 Å². The Balaban J connectivity index is 2.46. The Bertz CT molecular complexity index is 379. The molecule has 1 aromatic rings. The molecular weight excluding hydrogens is 218 g/mol. The van der Waals surface area contributed by atoms with Crippen molar-refractivity contribution < 1.29 is 9.32 Å². The number of rotatable bonds is 5. The molecule has 17 heavy (non-hydrogen) atoms. The van der Waals surface area contributed by atoms with Crippen molar-refractivity contribution in [3.8, 4) is 0 Å². The molecule has 1 aromatic heterocycles. The minimum absolute atomic E-state index is 0.0259. The summed E-state index contributed by atoms with van der Waals surface area (Å²) in [5.74, 6) is 0.0644. The quantitative estimate of drug-likeness (QED) is 0.821. The summed E-state index contributed by atoms with van der Waals surface area (Å²) in [6, 6.07) is 1.61. The van der Waals surface area contributed by atoms with Crippen molar-refractivity contribution in [1.82, 2.24) is 10.5 Å². The van der Waals surface area contributed by atoms with Crippen LogP contribution in [0.15, 0.2) is 10.6 Å². The monoisotopic (exact) mass is 239 g/mol. The van der Waals surface area contributed by atoms with Crippen molar-refractivity contribution in [1.29, 1.82) is 0 Å². The molecule has 0 fully saturated rings. The van der Waals surface area contributed by atoms with E-state index in [-0.39, 0.29) is 11.7 Å². The van der Waals surface area contributed by atoms with Crippen LogP contribution in [0.5, 0.6) is 0 Å². The molecule has 5 nitrogen and oxygen atoms in total. The van der Waals surface area contributed by atoms with Crippen molar-refractivity contribution in [2.24, 2.45) is 11.1 Å². The normalized spacial score (nSPS) is 13.6. The number of nitrogens with zero attached hydrogens (tertiary/aromatic N) is 1. The maximum Gasteiger partial charge on any atom is 0.270 e. The van der Waals surface area contributed by atoms with Crippen molar-refractivity contribution in [2.45, 2.75) is 40.2 Å². The molecule has 1 rings (SSSR count). The van der Waals surface area contributed by atoms with E-state index in [0.29, 0.717) is 11.2 Å². The zero-order valence-electron chi connectivity index (χ0n) is 10.9. The minimum Gasteiger partial charge on any atom is -0.364 e. The number of hydrogen-bond acceptors (Lipinski definition) is 4. The topological polar surface area (TPSA) is 81.1 Å². The summed E-state index contributed by atoms with van der Waals surface area (Å²) in [6.45, 7) is 9.43. The van der Waals surface area contributed by atoms with E-state index in [0.717, 1.165) is 13.0 Å². The second-order valence-electron chi connectivity index (χ2n) is 5.47. The fourth-order valence-electron chi connectivity index (χ4n) is 1.37. The number of hydrogen-bond donors (Lipinski definition) is 2. The third kappa shape index (κ3) is 4.56. The van der Waals surface area contributed by atoms with Crippen LogP contribution in [-0.2, 0) is 0 Å². The molecule has 0 bridgehead atoms. The van der Waals surface area contributed by atoms with Gasteiger partial charge in [0.2, 0.25) is 0 Å². The van der Waals surface area contributed by atoms with Crippen molar-refractivity contribution >= 4 is 5.91 Å². The highest BCUT2D eigenvalue weighted by molar-refractivity contribution is 5.90. The van der Waals surface area contributed by atoms with Crippen molar-refractivity contribution in [2.75, 3.05) is 6.54 Å². The molecule has 3 N–H and O–H groups in total. The summed E-state index contributed by atoms with van der Waals surface area (Å²) >= 11 is 0. The lowest BCUT2D eigenvalue weighted by atomic mass is 9.92. The average Bonchev–Trinajstić information content (AvgIpc) is 2.63. The first-order valence-corrected chi connectivity index (χ1v) is 5.79. The summed E-state index contributed by atoms with van der Waals surface area (Å²) in [7, 11) is 0. The van der Waals surface area contributed by atoms with Crippen LogP contribution in [0, 0.1) is 5.41 Å². The number of nitrogens with one attached hydrogen (secondary N) is 1. The molecular formula is C12H21N3O2. The number of carbonyl (C=O) groups excluding carboxylic acids is 1. The molecule has 1 amide bonds. The van der Waals surface area contributed by atoms with Gasteiger partial charge < -0.3 is 15.6 Å². The minimum atomic E-state index is -0.568. The lowest BCUT2D eigenvalue weighted by molar-refractivity contribution is 0.0991. The molecule has 0 saturated heterocycles. The number of amides is 1. The molecule has 0 radical (unpaired) electrons. The number of carbonyl (C=O) groups is 1. The van der Waals surface area contributed by atoms with E-state index in [1.54, 1.807) is 6.07 Å². The van der Waals surface area contributed by atoms with E-state index in [4.69, 9.17) is 10.3 Å². The largest absolute Gasteiger partial charge is 0.364 e. The Morgan fingerprint density at radius 3 is 2.71 bits per heavy atom. The van der Waals surface area contributed by atoms with Crippen LogP contribution >= 0.6 is 0 Å². The van der Waals surface area contributed by atoms with E-state index < -0.39 is 5.91 Å². The summed E-state index contributed by atoms with van der Waals surface area (Å²) in [5, 5.41) is 6.93. The van der Waals surface area contributed by atoms with Crippen LogP contribution in [-0.4, -0.2) is 17.6 Å². The predicted molar refractivity (Wildman–Crippen MR) is 65.5 cm³/mol. The lowest BCUT2D eigenvalue weighted by Gasteiger charge is -2.19. The van der Waals surface area contributed by atoms with Crippen molar-refractivity contribution in [3.05, 3.63) is 17.5 Å². The third-order valence-electron chi connectivity index (χ3n) is 2.53. The van der Waals surface area contributed by atoms with Gasteiger partial charge in [0.25, 0.3) is 5.91 Å². The standard InChI is InChI=1S/C12H21N3O2/c1-8(14-6-5-12(2,3)4)10-7-9(11(13)16)15-17-10/h7-8,14H,5-6H2,1-4H3,(H2,13,16). The fourth-order valence-corrected chi connectivity index (χ4v) is 1.37. The van der Waals surface area contributed by atoms with Gasteiger partial charge in [0, 0.05) is 6.07 Å². The summed E-state index contributed by atoms with van der Waals surface area (Å²) in [4.78, 5) is 10.9. The maximum absolute atomic E-state index is 10.9. The Hall–Kier alpha value is -1.36. The van der Waals surface area contributed by atoms with Gasteiger partial charge in [0.1, 0.15) is 0 Å². The van der Waals surface area contributed by atoms with Crippen LogP contribution in [0.2, 0.25) is 0 Å².